The Kier molecular flexibility index (Phi) is 3.85. The molecule has 0 aliphatic heterocycles. The van der Waals surface area contributed by atoms with Gasteiger partial charge in [0.2, 0.25) is 0 Å². The molecule has 1 atom stereocenters. The van der Waals surface area contributed by atoms with E-state index in [1.54, 1.807) is 12.1 Å². The number of benzene rings is 2. The van der Waals surface area contributed by atoms with Gasteiger partial charge in [-0.3, -0.25) is 0 Å². The molecule has 5 heteroatoms. The fourth-order valence-electron chi connectivity index (χ4n) is 1.89. The highest BCUT2D eigenvalue weighted by atomic mass is 79.9. The molecule has 2 rings (SSSR count). The second kappa shape index (κ2) is 5.25. The SMILES string of the molecule is Oc1ccc(C(c2ccc(Br)cc2)C(F)(F)F)cc1. The number of aromatic hydroxyl groups is 1. The second-order valence-corrected chi connectivity index (χ2v) is 5.03. The number of halogens is 4. The molecule has 0 aliphatic carbocycles. The van der Waals surface area contributed by atoms with Crippen molar-refractivity contribution >= 4 is 15.9 Å². The molecule has 0 spiro atoms. The van der Waals surface area contributed by atoms with Crippen LogP contribution in [0.15, 0.2) is 53.0 Å². The van der Waals surface area contributed by atoms with Gasteiger partial charge in [-0.2, -0.15) is 13.2 Å². The number of phenols is 1. The van der Waals surface area contributed by atoms with E-state index in [9.17, 15) is 13.2 Å². The predicted octanol–water partition coefficient (Wildman–Crippen LogP) is 4.85. The molecule has 0 aromatic heterocycles. The molecular weight excluding hydrogens is 321 g/mol. The van der Waals surface area contributed by atoms with Gasteiger partial charge in [-0.05, 0) is 35.4 Å². The maximum atomic E-state index is 13.2. The molecule has 19 heavy (non-hydrogen) atoms. The van der Waals surface area contributed by atoms with E-state index in [0.717, 1.165) is 4.47 Å². The summed E-state index contributed by atoms with van der Waals surface area (Å²) in [6, 6.07) is 11.1. The van der Waals surface area contributed by atoms with Gasteiger partial charge in [0.1, 0.15) is 11.7 Å². The first-order valence-corrected chi connectivity index (χ1v) is 6.28. The van der Waals surface area contributed by atoms with E-state index in [1.807, 2.05) is 0 Å². The Morgan fingerprint density at radius 2 is 1.26 bits per heavy atom. The van der Waals surface area contributed by atoms with Gasteiger partial charge in [-0.1, -0.05) is 40.2 Å². The zero-order valence-electron chi connectivity index (χ0n) is 9.66. The smallest absolute Gasteiger partial charge is 0.399 e. The first-order chi connectivity index (χ1) is 8.88. The Balaban J connectivity index is 2.47. The second-order valence-electron chi connectivity index (χ2n) is 4.12. The Morgan fingerprint density at radius 1 is 0.842 bits per heavy atom. The van der Waals surface area contributed by atoms with Crippen LogP contribution in [0.3, 0.4) is 0 Å². The summed E-state index contributed by atoms with van der Waals surface area (Å²) in [5, 5.41) is 9.16. The molecule has 1 N–H and O–H groups in total. The first-order valence-electron chi connectivity index (χ1n) is 5.49. The van der Waals surface area contributed by atoms with Crippen molar-refractivity contribution < 1.29 is 18.3 Å². The summed E-state index contributed by atoms with van der Waals surface area (Å²) in [6.45, 7) is 0. The number of alkyl halides is 3. The van der Waals surface area contributed by atoms with E-state index in [1.165, 1.54) is 36.4 Å². The third kappa shape index (κ3) is 3.29. The highest BCUT2D eigenvalue weighted by Gasteiger charge is 2.41. The maximum absolute atomic E-state index is 13.2. The van der Waals surface area contributed by atoms with Gasteiger partial charge >= 0.3 is 6.18 Å². The lowest BCUT2D eigenvalue weighted by atomic mass is 9.91. The van der Waals surface area contributed by atoms with Crippen LogP contribution in [0.25, 0.3) is 0 Å². The van der Waals surface area contributed by atoms with Crippen molar-refractivity contribution in [3.05, 3.63) is 64.1 Å². The number of rotatable bonds is 2. The summed E-state index contributed by atoms with van der Waals surface area (Å²) in [5.74, 6) is -1.75. The summed E-state index contributed by atoms with van der Waals surface area (Å²) in [5.41, 5.74) is 0.272. The average molecular weight is 331 g/mol. The van der Waals surface area contributed by atoms with Crippen molar-refractivity contribution in [1.82, 2.24) is 0 Å². The van der Waals surface area contributed by atoms with E-state index in [2.05, 4.69) is 15.9 Å². The molecule has 2 aromatic rings. The molecular formula is C14H10BrF3O. The van der Waals surface area contributed by atoms with Crippen LogP contribution in [0.2, 0.25) is 0 Å². The molecule has 0 aliphatic rings. The largest absolute Gasteiger partial charge is 0.508 e. The summed E-state index contributed by atoms with van der Waals surface area (Å²) in [4.78, 5) is 0. The van der Waals surface area contributed by atoms with E-state index in [4.69, 9.17) is 5.11 Å². The van der Waals surface area contributed by atoms with Crippen LogP contribution in [0, 0.1) is 0 Å². The van der Waals surface area contributed by atoms with Gasteiger partial charge in [-0.25, -0.2) is 0 Å². The van der Waals surface area contributed by atoms with E-state index < -0.39 is 12.1 Å². The fraction of sp³-hybridized carbons (Fsp3) is 0.143. The third-order valence-electron chi connectivity index (χ3n) is 2.76. The summed E-state index contributed by atoms with van der Waals surface area (Å²) >= 11 is 3.20. The minimum Gasteiger partial charge on any atom is -0.508 e. The van der Waals surface area contributed by atoms with Crippen LogP contribution >= 0.6 is 15.9 Å². The predicted molar refractivity (Wildman–Crippen MR) is 70.1 cm³/mol. The highest BCUT2D eigenvalue weighted by Crippen LogP contribution is 2.40. The summed E-state index contributed by atoms with van der Waals surface area (Å²) < 4.78 is 40.4. The summed E-state index contributed by atoms with van der Waals surface area (Å²) in [7, 11) is 0. The maximum Gasteiger partial charge on any atom is 0.399 e. The van der Waals surface area contributed by atoms with Crippen molar-refractivity contribution in [2.75, 3.05) is 0 Å². The van der Waals surface area contributed by atoms with Gasteiger partial charge in [0, 0.05) is 4.47 Å². The Morgan fingerprint density at radius 3 is 1.68 bits per heavy atom. The fourth-order valence-corrected chi connectivity index (χ4v) is 2.16. The van der Waals surface area contributed by atoms with Crippen LogP contribution in [0.4, 0.5) is 13.2 Å². The molecule has 0 amide bonds. The van der Waals surface area contributed by atoms with Gasteiger partial charge in [0.25, 0.3) is 0 Å². The Labute approximate surface area is 116 Å². The van der Waals surface area contributed by atoms with Crippen molar-refractivity contribution in [3.8, 4) is 5.75 Å². The van der Waals surface area contributed by atoms with Crippen molar-refractivity contribution in [2.45, 2.75) is 12.1 Å². The number of hydrogen-bond donors (Lipinski definition) is 1. The molecule has 0 saturated heterocycles. The number of phenolic OH excluding ortho intramolecular Hbond substituents is 1. The van der Waals surface area contributed by atoms with Crippen LogP contribution in [0.5, 0.6) is 5.75 Å². The quantitative estimate of drug-likeness (QED) is 0.834. The van der Waals surface area contributed by atoms with Crippen LogP contribution in [-0.4, -0.2) is 11.3 Å². The van der Waals surface area contributed by atoms with E-state index in [0.29, 0.717) is 0 Å². The minimum absolute atomic E-state index is 0.0551. The zero-order valence-corrected chi connectivity index (χ0v) is 11.2. The van der Waals surface area contributed by atoms with Crippen molar-refractivity contribution in [2.24, 2.45) is 0 Å². The topological polar surface area (TPSA) is 20.2 Å². The van der Waals surface area contributed by atoms with Crippen LogP contribution < -0.4 is 0 Å². The van der Waals surface area contributed by atoms with Gasteiger partial charge in [0.15, 0.2) is 0 Å². The lowest BCUT2D eigenvalue weighted by Crippen LogP contribution is -2.21. The summed E-state index contributed by atoms with van der Waals surface area (Å²) in [6.07, 6.45) is -4.38. The highest BCUT2D eigenvalue weighted by molar-refractivity contribution is 9.10. The van der Waals surface area contributed by atoms with Gasteiger partial charge in [-0.15, -0.1) is 0 Å². The van der Waals surface area contributed by atoms with E-state index >= 15 is 0 Å². The zero-order chi connectivity index (χ0) is 14.0. The number of hydrogen-bond acceptors (Lipinski definition) is 1. The Hall–Kier alpha value is -1.49. The van der Waals surface area contributed by atoms with Crippen molar-refractivity contribution in [3.63, 3.8) is 0 Å². The normalized spacial score (nSPS) is 13.3. The van der Waals surface area contributed by atoms with Crippen LogP contribution in [0.1, 0.15) is 17.0 Å². The minimum atomic E-state index is -4.38. The lowest BCUT2D eigenvalue weighted by Gasteiger charge is -2.21. The molecule has 0 fully saturated rings. The van der Waals surface area contributed by atoms with Crippen molar-refractivity contribution in [1.29, 1.82) is 0 Å². The molecule has 2 aromatic carbocycles. The monoisotopic (exact) mass is 330 g/mol. The molecule has 1 nitrogen and oxygen atoms in total. The molecule has 100 valence electrons. The molecule has 1 unspecified atom stereocenters. The molecule has 0 bridgehead atoms. The first kappa shape index (κ1) is 13.9. The Bertz CT molecular complexity index is 501. The molecule has 0 heterocycles. The third-order valence-corrected chi connectivity index (χ3v) is 3.29. The molecule has 0 radical (unpaired) electrons. The van der Waals surface area contributed by atoms with E-state index in [-0.39, 0.29) is 16.9 Å². The average Bonchev–Trinajstić information content (AvgIpc) is 2.33. The van der Waals surface area contributed by atoms with Gasteiger partial charge in [0.05, 0.1) is 0 Å². The van der Waals surface area contributed by atoms with Gasteiger partial charge < -0.3 is 5.11 Å². The standard InChI is InChI=1S/C14H10BrF3O/c15-11-5-1-9(2-6-11)13(14(16,17)18)10-3-7-12(19)8-4-10/h1-8,13,19H. The molecule has 0 saturated carbocycles. The van der Waals surface area contributed by atoms with Crippen LogP contribution in [-0.2, 0) is 0 Å². The lowest BCUT2D eigenvalue weighted by molar-refractivity contribution is -0.141.